The average molecular weight is 236 g/mol. The first kappa shape index (κ1) is 13.6. The molecule has 0 saturated heterocycles. The van der Waals surface area contributed by atoms with Crippen molar-refractivity contribution in [1.82, 2.24) is 5.32 Å². The van der Waals surface area contributed by atoms with E-state index in [1.165, 1.54) is 12.1 Å². The second-order valence-electron chi connectivity index (χ2n) is 4.12. The summed E-state index contributed by atoms with van der Waals surface area (Å²) in [6, 6.07) is 6.58. The van der Waals surface area contributed by atoms with Crippen LogP contribution in [0.15, 0.2) is 18.2 Å². The van der Waals surface area contributed by atoms with Gasteiger partial charge in [0.2, 0.25) is 0 Å². The van der Waals surface area contributed by atoms with Crippen molar-refractivity contribution in [2.24, 2.45) is 0 Å². The average Bonchev–Trinajstić information content (AvgIpc) is 2.27. The molecule has 0 heterocycles. The van der Waals surface area contributed by atoms with Gasteiger partial charge in [0.05, 0.1) is 24.8 Å². The Bertz CT molecular complexity index is 399. The third kappa shape index (κ3) is 5.43. The van der Waals surface area contributed by atoms with Crippen LogP contribution in [0.5, 0.6) is 0 Å². The van der Waals surface area contributed by atoms with Crippen LogP contribution in [0, 0.1) is 17.1 Å². The molecule has 0 aliphatic carbocycles. The molecule has 0 fully saturated rings. The lowest BCUT2D eigenvalue weighted by atomic mass is 10.1. The van der Waals surface area contributed by atoms with Crippen LogP contribution in [0.2, 0.25) is 0 Å². The van der Waals surface area contributed by atoms with E-state index in [1.807, 2.05) is 6.07 Å². The summed E-state index contributed by atoms with van der Waals surface area (Å²) in [7, 11) is 0. The van der Waals surface area contributed by atoms with Crippen LogP contribution in [0.25, 0.3) is 0 Å². The summed E-state index contributed by atoms with van der Waals surface area (Å²) in [4.78, 5) is 0. The lowest BCUT2D eigenvalue weighted by Crippen LogP contribution is -2.26. The summed E-state index contributed by atoms with van der Waals surface area (Å²) in [6.07, 6.45) is 0. The summed E-state index contributed by atoms with van der Waals surface area (Å²) >= 11 is 0. The van der Waals surface area contributed by atoms with E-state index in [0.717, 1.165) is 6.54 Å². The van der Waals surface area contributed by atoms with Crippen molar-refractivity contribution in [2.45, 2.75) is 26.5 Å². The van der Waals surface area contributed by atoms with Gasteiger partial charge in [0.25, 0.3) is 0 Å². The number of rotatable bonds is 6. The van der Waals surface area contributed by atoms with Crippen LogP contribution in [-0.2, 0) is 11.3 Å². The highest BCUT2D eigenvalue weighted by molar-refractivity contribution is 5.33. The lowest BCUT2D eigenvalue weighted by molar-refractivity contribution is 0.121. The van der Waals surface area contributed by atoms with E-state index in [1.54, 1.807) is 6.07 Å². The van der Waals surface area contributed by atoms with E-state index in [9.17, 15) is 4.39 Å². The second kappa shape index (κ2) is 7.00. The largest absolute Gasteiger partial charge is 0.375 e. The van der Waals surface area contributed by atoms with E-state index in [4.69, 9.17) is 10.00 Å². The number of hydrogen-bond donors (Lipinski definition) is 1. The zero-order valence-corrected chi connectivity index (χ0v) is 10.2. The van der Waals surface area contributed by atoms with E-state index < -0.39 is 5.82 Å². The van der Waals surface area contributed by atoms with E-state index in [2.05, 4.69) is 19.2 Å². The predicted octanol–water partition coefficient (Wildman–Crippen LogP) is 2.21. The van der Waals surface area contributed by atoms with Gasteiger partial charge in [0, 0.05) is 12.6 Å². The van der Waals surface area contributed by atoms with Crippen molar-refractivity contribution in [3.63, 3.8) is 0 Å². The maximum absolute atomic E-state index is 13.1. The minimum absolute atomic E-state index is 0.323. The molecule has 1 rings (SSSR count). The first-order valence-electron chi connectivity index (χ1n) is 5.62. The molecular formula is C13H17FN2O. The normalized spacial score (nSPS) is 10.5. The topological polar surface area (TPSA) is 45.0 Å². The minimum Gasteiger partial charge on any atom is -0.375 e. The van der Waals surface area contributed by atoms with Gasteiger partial charge < -0.3 is 10.1 Å². The summed E-state index contributed by atoms with van der Waals surface area (Å²) < 4.78 is 18.5. The van der Waals surface area contributed by atoms with Gasteiger partial charge >= 0.3 is 0 Å². The highest BCUT2D eigenvalue weighted by Crippen LogP contribution is 2.09. The highest BCUT2D eigenvalue weighted by atomic mass is 19.1. The molecule has 0 atom stereocenters. The smallest absolute Gasteiger partial charge is 0.124 e. The van der Waals surface area contributed by atoms with Crippen molar-refractivity contribution in [3.05, 3.63) is 35.1 Å². The predicted molar refractivity (Wildman–Crippen MR) is 63.9 cm³/mol. The highest BCUT2D eigenvalue weighted by Gasteiger charge is 2.00. The molecule has 92 valence electrons. The summed E-state index contributed by atoms with van der Waals surface area (Å²) in [5, 5.41) is 11.9. The van der Waals surface area contributed by atoms with Crippen molar-refractivity contribution in [2.75, 3.05) is 13.2 Å². The number of ether oxygens (including phenoxy) is 1. The maximum Gasteiger partial charge on any atom is 0.124 e. The van der Waals surface area contributed by atoms with Crippen LogP contribution in [0.1, 0.15) is 25.0 Å². The van der Waals surface area contributed by atoms with Gasteiger partial charge in [-0.25, -0.2) is 4.39 Å². The Hall–Kier alpha value is -1.44. The van der Waals surface area contributed by atoms with Crippen molar-refractivity contribution in [1.29, 1.82) is 5.26 Å². The number of halogens is 1. The van der Waals surface area contributed by atoms with Gasteiger partial charge in [-0.05, 0) is 23.8 Å². The van der Waals surface area contributed by atoms with E-state index in [0.29, 0.717) is 30.4 Å². The molecule has 4 heteroatoms. The maximum atomic E-state index is 13.1. The first-order valence-corrected chi connectivity index (χ1v) is 5.62. The van der Waals surface area contributed by atoms with Crippen molar-refractivity contribution in [3.8, 4) is 6.07 Å². The number of hydrogen-bond acceptors (Lipinski definition) is 3. The summed E-state index contributed by atoms with van der Waals surface area (Å²) in [6.45, 7) is 5.78. The monoisotopic (exact) mass is 236 g/mol. The van der Waals surface area contributed by atoms with Crippen LogP contribution in [-0.4, -0.2) is 19.2 Å². The van der Waals surface area contributed by atoms with E-state index in [-0.39, 0.29) is 0 Å². The van der Waals surface area contributed by atoms with Gasteiger partial charge in [-0.15, -0.1) is 0 Å². The number of nitriles is 1. The molecule has 1 aromatic carbocycles. The molecule has 0 aromatic heterocycles. The molecule has 0 bridgehead atoms. The van der Waals surface area contributed by atoms with Gasteiger partial charge in [0.15, 0.2) is 0 Å². The quantitative estimate of drug-likeness (QED) is 0.770. The Morgan fingerprint density at radius 2 is 2.18 bits per heavy atom. The third-order valence-electron chi connectivity index (χ3n) is 2.15. The van der Waals surface area contributed by atoms with Crippen molar-refractivity contribution >= 4 is 0 Å². The van der Waals surface area contributed by atoms with Crippen LogP contribution in [0.3, 0.4) is 0 Å². The van der Waals surface area contributed by atoms with Gasteiger partial charge in [-0.1, -0.05) is 13.8 Å². The Morgan fingerprint density at radius 1 is 1.41 bits per heavy atom. The zero-order chi connectivity index (χ0) is 12.7. The molecule has 17 heavy (non-hydrogen) atoms. The zero-order valence-electron chi connectivity index (χ0n) is 10.2. The fourth-order valence-corrected chi connectivity index (χ4v) is 1.41. The molecular weight excluding hydrogens is 219 g/mol. The molecule has 1 aromatic rings. The fourth-order valence-electron chi connectivity index (χ4n) is 1.41. The molecule has 0 unspecified atom stereocenters. The molecule has 0 radical (unpaired) electrons. The molecule has 0 spiro atoms. The molecule has 0 saturated carbocycles. The van der Waals surface area contributed by atoms with Crippen molar-refractivity contribution < 1.29 is 9.13 Å². The van der Waals surface area contributed by atoms with Crippen LogP contribution in [0.4, 0.5) is 4.39 Å². The Morgan fingerprint density at radius 3 is 2.82 bits per heavy atom. The number of nitrogens with zero attached hydrogens (tertiary/aromatic N) is 1. The van der Waals surface area contributed by atoms with Crippen LogP contribution < -0.4 is 5.32 Å². The molecule has 3 nitrogen and oxygen atoms in total. The molecule has 0 aliphatic heterocycles. The summed E-state index contributed by atoms with van der Waals surface area (Å²) in [5.74, 6) is -0.400. The van der Waals surface area contributed by atoms with Gasteiger partial charge in [0.1, 0.15) is 5.82 Å². The Balaban J connectivity index is 2.37. The second-order valence-corrected chi connectivity index (χ2v) is 4.12. The molecule has 1 N–H and O–H groups in total. The summed E-state index contributed by atoms with van der Waals surface area (Å²) in [5.41, 5.74) is 1.01. The Kier molecular flexibility index (Phi) is 5.61. The lowest BCUT2D eigenvalue weighted by Gasteiger charge is -2.08. The van der Waals surface area contributed by atoms with E-state index >= 15 is 0 Å². The first-order chi connectivity index (χ1) is 8.11. The van der Waals surface area contributed by atoms with Gasteiger partial charge in [-0.2, -0.15) is 5.26 Å². The molecule has 0 aliphatic rings. The van der Waals surface area contributed by atoms with Crippen LogP contribution >= 0.6 is 0 Å². The van der Waals surface area contributed by atoms with Gasteiger partial charge in [-0.3, -0.25) is 0 Å². The molecule has 0 amide bonds. The minimum atomic E-state index is -0.400. The SMILES string of the molecule is CC(C)NCCOCc1cc(F)cc(C#N)c1. The standard InChI is InChI=1S/C13H17FN2O/c1-10(2)16-3-4-17-9-12-5-11(8-15)6-13(14)7-12/h5-7,10,16H,3-4,9H2,1-2H3. The Labute approximate surface area is 101 Å². The fraction of sp³-hybridized carbons (Fsp3) is 0.462. The third-order valence-corrected chi connectivity index (χ3v) is 2.15. The number of benzene rings is 1. The number of nitrogens with one attached hydrogen (secondary N) is 1.